The molecule has 0 radical (unpaired) electrons. The van der Waals surface area contributed by atoms with Crippen LogP contribution in [0.15, 0.2) is 24.3 Å². The third kappa shape index (κ3) is 5.48. The molecule has 1 fully saturated rings. The summed E-state index contributed by atoms with van der Waals surface area (Å²) in [6.45, 7) is 7.86. The van der Waals surface area contributed by atoms with Crippen LogP contribution in [-0.2, 0) is 9.59 Å². The number of amides is 2. The quantitative estimate of drug-likeness (QED) is 0.820. The van der Waals surface area contributed by atoms with Crippen LogP contribution in [0.5, 0.6) is 0 Å². The van der Waals surface area contributed by atoms with Crippen LogP contribution in [0.2, 0.25) is 0 Å². The van der Waals surface area contributed by atoms with Crippen molar-refractivity contribution >= 4 is 23.2 Å². The first-order valence-corrected chi connectivity index (χ1v) is 9.47. The summed E-state index contributed by atoms with van der Waals surface area (Å²) in [6, 6.07) is 8.09. The maximum Gasteiger partial charge on any atom is 0.244 e. The second-order valence-electron chi connectivity index (χ2n) is 6.71. The molecule has 5 nitrogen and oxygen atoms in total. The smallest absolute Gasteiger partial charge is 0.244 e. The van der Waals surface area contributed by atoms with E-state index >= 15 is 0 Å². The molecule has 0 unspecified atom stereocenters. The van der Waals surface area contributed by atoms with Crippen LogP contribution < -0.4 is 10.2 Å². The number of rotatable bonds is 7. The molecular weight excluding hydrogens is 314 g/mol. The molecule has 1 aromatic carbocycles. The van der Waals surface area contributed by atoms with Crippen LogP contribution in [0.25, 0.3) is 0 Å². The minimum atomic E-state index is -0.128. The van der Waals surface area contributed by atoms with E-state index in [1.807, 2.05) is 24.3 Å². The van der Waals surface area contributed by atoms with E-state index in [0.717, 1.165) is 50.1 Å². The highest BCUT2D eigenvalue weighted by Gasteiger charge is 2.25. The van der Waals surface area contributed by atoms with Crippen molar-refractivity contribution in [2.75, 3.05) is 29.9 Å². The zero-order chi connectivity index (χ0) is 18.2. The van der Waals surface area contributed by atoms with Gasteiger partial charge in [-0.3, -0.25) is 9.59 Å². The van der Waals surface area contributed by atoms with Gasteiger partial charge in [0.1, 0.15) is 6.54 Å². The highest BCUT2D eigenvalue weighted by molar-refractivity contribution is 5.94. The van der Waals surface area contributed by atoms with Gasteiger partial charge in [-0.1, -0.05) is 19.3 Å². The molecule has 0 heterocycles. The topological polar surface area (TPSA) is 52.7 Å². The number of benzene rings is 1. The van der Waals surface area contributed by atoms with Gasteiger partial charge in [0.05, 0.1) is 0 Å². The summed E-state index contributed by atoms with van der Waals surface area (Å²) < 4.78 is 0. The van der Waals surface area contributed by atoms with Crippen molar-refractivity contribution in [1.82, 2.24) is 4.90 Å². The Hall–Kier alpha value is -2.04. The molecule has 0 bridgehead atoms. The standard InChI is InChI=1S/C20H31N3O2/c1-4-22(5-2)18-13-11-17(12-14-18)21-20(25)15-23(16(3)24)19-9-7-6-8-10-19/h11-14,19H,4-10,15H2,1-3H3,(H,21,25). The van der Waals surface area contributed by atoms with E-state index in [2.05, 4.69) is 24.1 Å². The molecular formula is C20H31N3O2. The van der Waals surface area contributed by atoms with E-state index in [9.17, 15) is 9.59 Å². The fraction of sp³-hybridized carbons (Fsp3) is 0.600. The third-order valence-corrected chi connectivity index (χ3v) is 5.01. The highest BCUT2D eigenvalue weighted by atomic mass is 16.2. The van der Waals surface area contributed by atoms with Gasteiger partial charge in [0.2, 0.25) is 11.8 Å². The van der Waals surface area contributed by atoms with E-state index in [1.165, 1.54) is 6.42 Å². The number of carbonyl (C=O) groups excluding carboxylic acids is 2. The summed E-state index contributed by atoms with van der Waals surface area (Å²) in [7, 11) is 0. The Morgan fingerprint density at radius 1 is 1.04 bits per heavy atom. The lowest BCUT2D eigenvalue weighted by Crippen LogP contribution is -2.44. The van der Waals surface area contributed by atoms with E-state index in [0.29, 0.717) is 0 Å². The van der Waals surface area contributed by atoms with Crippen molar-refractivity contribution in [1.29, 1.82) is 0 Å². The molecule has 1 saturated carbocycles. The summed E-state index contributed by atoms with van der Waals surface area (Å²) in [5.74, 6) is -0.143. The normalized spacial score (nSPS) is 14.8. The first-order chi connectivity index (χ1) is 12.0. The van der Waals surface area contributed by atoms with Crippen LogP contribution in [0.4, 0.5) is 11.4 Å². The molecule has 25 heavy (non-hydrogen) atoms. The number of nitrogens with zero attached hydrogens (tertiary/aromatic N) is 2. The SMILES string of the molecule is CCN(CC)c1ccc(NC(=O)CN(C(C)=O)C2CCCCC2)cc1. The number of anilines is 2. The molecule has 138 valence electrons. The van der Waals surface area contributed by atoms with Gasteiger partial charge in [0.15, 0.2) is 0 Å². The summed E-state index contributed by atoms with van der Waals surface area (Å²) in [4.78, 5) is 28.3. The minimum Gasteiger partial charge on any atom is -0.372 e. The number of carbonyl (C=O) groups is 2. The summed E-state index contributed by atoms with van der Waals surface area (Å²) >= 11 is 0. The fourth-order valence-electron chi connectivity index (χ4n) is 3.59. The van der Waals surface area contributed by atoms with Crippen LogP contribution in [-0.4, -0.2) is 42.4 Å². The van der Waals surface area contributed by atoms with Gasteiger partial charge >= 0.3 is 0 Å². The van der Waals surface area contributed by atoms with Gasteiger partial charge in [0, 0.05) is 37.4 Å². The second kappa shape index (κ2) is 9.44. The zero-order valence-corrected chi connectivity index (χ0v) is 15.8. The van der Waals surface area contributed by atoms with Gasteiger partial charge in [-0.05, 0) is 51.0 Å². The molecule has 2 rings (SSSR count). The highest BCUT2D eigenvalue weighted by Crippen LogP contribution is 2.23. The number of hydrogen-bond donors (Lipinski definition) is 1. The average molecular weight is 345 g/mol. The van der Waals surface area contributed by atoms with Crippen molar-refractivity contribution in [2.24, 2.45) is 0 Å². The van der Waals surface area contributed by atoms with Gasteiger partial charge in [-0.15, -0.1) is 0 Å². The average Bonchev–Trinajstić information content (AvgIpc) is 2.62. The molecule has 2 amide bonds. The molecule has 0 atom stereocenters. The first kappa shape index (κ1) is 19.3. The van der Waals surface area contributed by atoms with Crippen LogP contribution in [0.1, 0.15) is 52.9 Å². The predicted octanol–water partition coefficient (Wildman–Crippen LogP) is 3.65. The fourth-order valence-corrected chi connectivity index (χ4v) is 3.59. The number of hydrogen-bond acceptors (Lipinski definition) is 3. The summed E-state index contributed by atoms with van der Waals surface area (Å²) in [5.41, 5.74) is 1.92. The van der Waals surface area contributed by atoms with Crippen molar-refractivity contribution in [2.45, 2.75) is 58.9 Å². The lowest BCUT2D eigenvalue weighted by atomic mass is 9.94. The van der Waals surface area contributed by atoms with E-state index in [4.69, 9.17) is 0 Å². The van der Waals surface area contributed by atoms with Gasteiger partial charge in [0.25, 0.3) is 0 Å². The molecule has 1 N–H and O–H groups in total. The Morgan fingerprint density at radius 2 is 1.64 bits per heavy atom. The Kier molecular flexibility index (Phi) is 7.29. The molecule has 1 aromatic rings. The number of nitrogens with one attached hydrogen (secondary N) is 1. The Bertz CT molecular complexity index is 561. The van der Waals surface area contributed by atoms with Gasteiger partial charge < -0.3 is 15.1 Å². The molecule has 0 saturated heterocycles. The van der Waals surface area contributed by atoms with Crippen molar-refractivity contribution in [3.63, 3.8) is 0 Å². The maximum atomic E-state index is 12.4. The Balaban J connectivity index is 1.94. The molecule has 0 aromatic heterocycles. The van der Waals surface area contributed by atoms with E-state index in [1.54, 1.807) is 11.8 Å². The Morgan fingerprint density at radius 3 is 2.16 bits per heavy atom. The molecule has 1 aliphatic rings. The van der Waals surface area contributed by atoms with E-state index in [-0.39, 0.29) is 24.4 Å². The maximum absolute atomic E-state index is 12.4. The van der Waals surface area contributed by atoms with Crippen molar-refractivity contribution in [3.05, 3.63) is 24.3 Å². The lowest BCUT2D eigenvalue weighted by molar-refractivity contribution is -0.135. The molecule has 0 spiro atoms. The lowest BCUT2D eigenvalue weighted by Gasteiger charge is -2.33. The summed E-state index contributed by atoms with van der Waals surface area (Å²) in [5, 5.41) is 2.92. The Labute approximate surface area is 151 Å². The van der Waals surface area contributed by atoms with Gasteiger partial charge in [-0.25, -0.2) is 0 Å². The van der Waals surface area contributed by atoms with Gasteiger partial charge in [-0.2, -0.15) is 0 Å². The molecule has 0 aliphatic heterocycles. The third-order valence-electron chi connectivity index (χ3n) is 5.01. The summed E-state index contributed by atoms with van der Waals surface area (Å²) in [6.07, 6.45) is 5.52. The van der Waals surface area contributed by atoms with Crippen molar-refractivity contribution in [3.8, 4) is 0 Å². The van der Waals surface area contributed by atoms with Crippen LogP contribution in [0.3, 0.4) is 0 Å². The molecule has 5 heteroatoms. The second-order valence-corrected chi connectivity index (χ2v) is 6.71. The largest absolute Gasteiger partial charge is 0.372 e. The van der Waals surface area contributed by atoms with Crippen molar-refractivity contribution < 1.29 is 9.59 Å². The van der Waals surface area contributed by atoms with E-state index < -0.39 is 0 Å². The van der Waals surface area contributed by atoms with Crippen LogP contribution in [0, 0.1) is 0 Å². The molecule has 1 aliphatic carbocycles. The monoisotopic (exact) mass is 345 g/mol. The minimum absolute atomic E-state index is 0.0149. The first-order valence-electron chi connectivity index (χ1n) is 9.47. The van der Waals surface area contributed by atoms with Crippen LogP contribution >= 0.6 is 0 Å². The predicted molar refractivity (Wildman–Crippen MR) is 103 cm³/mol. The zero-order valence-electron chi connectivity index (χ0n) is 15.8.